The van der Waals surface area contributed by atoms with Gasteiger partial charge in [0, 0.05) is 6.92 Å². The molecule has 0 aliphatic carbocycles. The second kappa shape index (κ2) is 9.82. The van der Waals surface area contributed by atoms with Crippen molar-refractivity contribution in [3.8, 4) is 5.75 Å². The number of allylic oxidation sites excluding steroid dienone is 3. The van der Waals surface area contributed by atoms with E-state index in [1.54, 1.807) is 6.07 Å². The van der Waals surface area contributed by atoms with Gasteiger partial charge in [-0.15, -0.1) is 0 Å². The summed E-state index contributed by atoms with van der Waals surface area (Å²) >= 11 is 0. The number of esters is 1. The predicted octanol–water partition coefficient (Wildman–Crippen LogP) is 5.97. The number of benzene rings is 1. The van der Waals surface area contributed by atoms with Crippen LogP contribution in [0.1, 0.15) is 58.9 Å². The van der Waals surface area contributed by atoms with Gasteiger partial charge in [-0.3, -0.25) is 4.79 Å². The fourth-order valence-corrected chi connectivity index (χ4v) is 3.58. The quantitative estimate of drug-likeness (QED) is 0.298. The van der Waals surface area contributed by atoms with Crippen LogP contribution in [-0.4, -0.2) is 18.2 Å². The standard InChI is InChI=1S/C26H30O5/c1-18(9-7-10-19(2)17-29-20(3)27)11-8-15-26(4)16-14-22-24(31-26)21-12-5-6-13-23(21)30-25(22)28/h5-6,10-14,16H,7-9,15,17H2,1-4H3/b18-11+,19-10+/t26-/m1/s1. The molecular weight excluding hydrogens is 392 g/mol. The second-order valence-corrected chi connectivity index (χ2v) is 8.34. The van der Waals surface area contributed by atoms with Crippen molar-refractivity contribution < 1.29 is 18.7 Å². The van der Waals surface area contributed by atoms with E-state index in [0.717, 1.165) is 36.6 Å². The maximum atomic E-state index is 12.3. The lowest BCUT2D eigenvalue weighted by Gasteiger charge is -2.31. The van der Waals surface area contributed by atoms with Crippen LogP contribution in [0.5, 0.6) is 5.75 Å². The minimum Gasteiger partial charge on any atom is -0.482 e. The fraction of sp³-hybridized carbons (Fsp3) is 0.385. The largest absolute Gasteiger partial charge is 0.482 e. The fourth-order valence-electron chi connectivity index (χ4n) is 3.58. The molecule has 1 atom stereocenters. The molecule has 5 nitrogen and oxygen atoms in total. The Morgan fingerprint density at radius 3 is 2.61 bits per heavy atom. The molecule has 0 saturated heterocycles. The molecule has 0 amide bonds. The van der Waals surface area contributed by atoms with Crippen LogP contribution in [-0.2, 0) is 9.53 Å². The van der Waals surface area contributed by atoms with E-state index in [9.17, 15) is 9.59 Å². The molecule has 0 radical (unpaired) electrons. The summed E-state index contributed by atoms with van der Waals surface area (Å²) in [6, 6.07) is 7.45. The molecule has 1 aliphatic heterocycles. The number of rotatable bonds is 8. The van der Waals surface area contributed by atoms with E-state index in [1.807, 2.05) is 44.2 Å². The third-order valence-electron chi connectivity index (χ3n) is 5.40. The minimum atomic E-state index is -0.485. The molecule has 1 aromatic carbocycles. The van der Waals surface area contributed by atoms with Crippen molar-refractivity contribution in [3.63, 3.8) is 0 Å². The first-order valence-corrected chi connectivity index (χ1v) is 10.7. The van der Waals surface area contributed by atoms with Gasteiger partial charge in [-0.2, -0.15) is 0 Å². The molecule has 0 fully saturated rings. The van der Waals surface area contributed by atoms with E-state index in [4.69, 9.17) is 13.9 Å². The van der Waals surface area contributed by atoms with Crippen LogP contribution < -0.4 is 10.4 Å². The van der Waals surface area contributed by atoms with E-state index >= 15 is 0 Å². The molecule has 0 N–H and O–H groups in total. The monoisotopic (exact) mass is 422 g/mol. The molecular formula is C26H30O5. The van der Waals surface area contributed by atoms with Crippen molar-refractivity contribution in [2.24, 2.45) is 0 Å². The Bertz CT molecular complexity index is 1100. The molecule has 1 aromatic heterocycles. The zero-order chi connectivity index (χ0) is 22.4. The first kappa shape index (κ1) is 22.6. The zero-order valence-corrected chi connectivity index (χ0v) is 18.7. The summed E-state index contributed by atoms with van der Waals surface area (Å²) in [6.07, 6.45) is 11.7. The number of carbonyl (C=O) groups excluding carboxylic acids is 1. The van der Waals surface area contributed by atoms with E-state index in [0.29, 0.717) is 23.5 Å². The van der Waals surface area contributed by atoms with Gasteiger partial charge in [-0.25, -0.2) is 4.79 Å². The lowest BCUT2D eigenvalue weighted by Crippen LogP contribution is -2.33. The maximum Gasteiger partial charge on any atom is 0.347 e. The van der Waals surface area contributed by atoms with E-state index in [-0.39, 0.29) is 11.6 Å². The van der Waals surface area contributed by atoms with E-state index in [2.05, 4.69) is 19.1 Å². The number of fused-ring (bicyclic) bond motifs is 3. The Morgan fingerprint density at radius 1 is 1.10 bits per heavy atom. The lowest BCUT2D eigenvalue weighted by molar-refractivity contribution is -0.139. The topological polar surface area (TPSA) is 65.7 Å². The highest BCUT2D eigenvalue weighted by Gasteiger charge is 2.29. The summed E-state index contributed by atoms with van der Waals surface area (Å²) in [5.74, 6) is 0.346. The smallest absolute Gasteiger partial charge is 0.347 e. The lowest BCUT2D eigenvalue weighted by atomic mass is 9.94. The summed E-state index contributed by atoms with van der Waals surface area (Å²) in [5.41, 5.74) is 2.52. The molecule has 31 heavy (non-hydrogen) atoms. The summed E-state index contributed by atoms with van der Waals surface area (Å²) in [5, 5.41) is 0.815. The van der Waals surface area contributed by atoms with Gasteiger partial charge in [-0.05, 0) is 76.3 Å². The number of carbonyl (C=O) groups is 1. The second-order valence-electron chi connectivity index (χ2n) is 8.34. The number of hydrogen-bond donors (Lipinski definition) is 0. The van der Waals surface area contributed by atoms with Crippen LogP contribution in [0.25, 0.3) is 17.0 Å². The summed E-state index contributed by atoms with van der Waals surface area (Å²) in [7, 11) is 0. The average molecular weight is 423 g/mol. The van der Waals surface area contributed by atoms with Gasteiger partial charge in [-0.1, -0.05) is 29.9 Å². The summed E-state index contributed by atoms with van der Waals surface area (Å²) < 4.78 is 16.7. The first-order chi connectivity index (χ1) is 14.8. The van der Waals surface area contributed by atoms with Crippen LogP contribution in [0.15, 0.2) is 62.9 Å². The number of para-hydroxylation sites is 1. The molecule has 2 aromatic rings. The van der Waals surface area contributed by atoms with Crippen molar-refractivity contribution in [1.82, 2.24) is 0 Å². The van der Waals surface area contributed by atoms with Crippen LogP contribution in [0.4, 0.5) is 0 Å². The summed E-state index contributed by atoms with van der Waals surface area (Å²) in [6.45, 7) is 7.91. The molecule has 5 heteroatoms. The molecule has 0 bridgehead atoms. The molecule has 3 rings (SSSR count). The van der Waals surface area contributed by atoms with Gasteiger partial charge in [0.25, 0.3) is 0 Å². The van der Waals surface area contributed by atoms with Gasteiger partial charge >= 0.3 is 11.6 Å². The number of hydrogen-bond acceptors (Lipinski definition) is 5. The Balaban J connectivity index is 1.59. The molecule has 0 unspecified atom stereocenters. The van der Waals surface area contributed by atoms with Crippen LogP contribution in [0, 0.1) is 0 Å². The van der Waals surface area contributed by atoms with Crippen molar-refractivity contribution in [2.45, 2.75) is 59.0 Å². The van der Waals surface area contributed by atoms with Gasteiger partial charge in [0.05, 0.1) is 5.39 Å². The summed E-state index contributed by atoms with van der Waals surface area (Å²) in [4.78, 5) is 23.1. The molecule has 1 aliphatic rings. The van der Waals surface area contributed by atoms with Crippen molar-refractivity contribution in [2.75, 3.05) is 6.61 Å². The normalized spacial score (nSPS) is 18.6. The molecule has 0 saturated carbocycles. The van der Waals surface area contributed by atoms with E-state index < -0.39 is 5.60 Å². The molecule has 0 spiro atoms. The van der Waals surface area contributed by atoms with Crippen LogP contribution in [0.3, 0.4) is 0 Å². The first-order valence-electron chi connectivity index (χ1n) is 10.7. The third-order valence-corrected chi connectivity index (χ3v) is 5.40. The van der Waals surface area contributed by atoms with Crippen molar-refractivity contribution >= 4 is 23.0 Å². The van der Waals surface area contributed by atoms with Gasteiger partial charge in [0.1, 0.15) is 29.1 Å². The van der Waals surface area contributed by atoms with E-state index in [1.165, 1.54) is 12.5 Å². The highest BCUT2D eigenvalue weighted by molar-refractivity contribution is 5.87. The Hall–Kier alpha value is -3.08. The molecule has 2 heterocycles. The SMILES string of the molecule is CC(=O)OC/C(C)=C/CC/C(C)=C/CC[C@]1(C)C=Cc2c(c3ccccc3oc2=O)O1. The third kappa shape index (κ3) is 5.97. The van der Waals surface area contributed by atoms with Crippen LogP contribution >= 0.6 is 0 Å². The predicted molar refractivity (Wildman–Crippen MR) is 123 cm³/mol. The highest BCUT2D eigenvalue weighted by Crippen LogP contribution is 2.37. The average Bonchev–Trinajstić information content (AvgIpc) is 2.72. The van der Waals surface area contributed by atoms with Gasteiger partial charge < -0.3 is 13.9 Å². The number of ether oxygens (including phenoxy) is 2. The Labute approximate surface area is 183 Å². The zero-order valence-electron chi connectivity index (χ0n) is 18.7. The maximum absolute atomic E-state index is 12.3. The highest BCUT2D eigenvalue weighted by atomic mass is 16.5. The Morgan fingerprint density at radius 2 is 1.84 bits per heavy atom. The van der Waals surface area contributed by atoms with Gasteiger partial charge in [0.2, 0.25) is 0 Å². The van der Waals surface area contributed by atoms with Gasteiger partial charge in [0.15, 0.2) is 0 Å². The molecule has 164 valence electrons. The van der Waals surface area contributed by atoms with Crippen molar-refractivity contribution in [3.05, 3.63) is 69.6 Å². The van der Waals surface area contributed by atoms with Crippen molar-refractivity contribution in [1.29, 1.82) is 0 Å². The Kier molecular flexibility index (Phi) is 7.16. The minimum absolute atomic E-state index is 0.257. The van der Waals surface area contributed by atoms with Crippen LogP contribution in [0.2, 0.25) is 0 Å².